The molecule has 43 heavy (non-hydrogen) atoms. The number of hydrogen-bond acceptors (Lipinski definition) is 4. The second kappa shape index (κ2) is 12.8. The Hall–Kier alpha value is -4.45. The highest BCUT2D eigenvalue weighted by atomic mass is 35.5. The zero-order valence-electron chi connectivity index (χ0n) is 22.4. The smallest absolute Gasteiger partial charge is 0.494 e. The average molecular weight is 625 g/mol. The van der Waals surface area contributed by atoms with E-state index in [0.29, 0.717) is 11.1 Å². The molecule has 13 heteroatoms. The van der Waals surface area contributed by atoms with Crippen molar-refractivity contribution < 1.29 is 40.6 Å². The van der Waals surface area contributed by atoms with E-state index in [1.165, 1.54) is 36.4 Å². The summed E-state index contributed by atoms with van der Waals surface area (Å²) >= 11 is 6.51. The number of ether oxygens (including phenoxy) is 2. The van der Waals surface area contributed by atoms with Crippen molar-refractivity contribution >= 4 is 23.3 Å². The van der Waals surface area contributed by atoms with E-state index < -0.39 is 36.3 Å². The molecule has 1 amide bonds. The molecule has 0 fully saturated rings. The Labute approximate surface area is 246 Å². The van der Waals surface area contributed by atoms with Crippen molar-refractivity contribution in [1.82, 2.24) is 4.57 Å². The van der Waals surface area contributed by atoms with Gasteiger partial charge >= 0.3 is 18.6 Å². The predicted molar refractivity (Wildman–Crippen MR) is 150 cm³/mol. The van der Waals surface area contributed by atoms with Gasteiger partial charge in [-0.05, 0) is 73.0 Å². The summed E-state index contributed by atoms with van der Waals surface area (Å²) in [4.78, 5) is 26.7. The Kier molecular flexibility index (Phi) is 9.39. The van der Waals surface area contributed by atoms with Crippen LogP contribution in [0.3, 0.4) is 0 Å². The minimum atomic E-state index is -4.89. The first-order valence-corrected chi connectivity index (χ1v) is 13.1. The standard InChI is InChI=1S/C30H23ClF6N2O4/c1-18-3-5-19(6-4-18)20-15-26(24-12-11-23(17-25(24)31)42-14-2-13-29(32,33)34)39(27(40)16-20)28(41)38-21-7-9-22(10-8-21)43-30(35,36)37/h3-12,15-17H,2,13-14H2,1H3,(H,38,41). The number of benzene rings is 3. The molecule has 1 aromatic heterocycles. The molecule has 1 N–H and O–H groups in total. The van der Waals surface area contributed by atoms with Crippen molar-refractivity contribution in [3.05, 3.63) is 99.8 Å². The van der Waals surface area contributed by atoms with Crippen LogP contribution >= 0.6 is 11.6 Å². The van der Waals surface area contributed by atoms with Gasteiger partial charge in [0.2, 0.25) is 0 Å². The van der Waals surface area contributed by atoms with Crippen molar-refractivity contribution in [2.75, 3.05) is 11.9 Å². The Morgan fingerprint density at radius 3 is 2.12 bits per heavy atom. The van der Waals surface area contributed by atoms with Gasteiger partial charge in [0.15, 0.2) is 0 Å². The van der Waals surface area contributed by atoms with Gasteiger partial charge in [0, 0.05) is 23.7 Å². The van der Waals surface area contributed by atoms with Gasteiger partial charge in [0.05, 0.1) is 17.3 Å². The molecule has 0 radical (unpaired) electrons. The number of carbonyl (C=O) groups excluding carboxylic acids is 1. The van der Waals surface area contributed by atoms with Crippen LogP contribution in [0.5, 0.6) is 11.5 Å². The minimum absolute atomic E-state index is 0.0454. The van der Waals surface area contributed by atoms with Crippen LogP contribution in [-0.4, -0.2) is 29.7 Å². The lowest BCUT2D eigenvalue weighted by atomic mass is 10.0. The lowest BCUT2D eigenvalue weighted by Gasteiger charge is -2.17. The second-order valence-electron chi connectivity index (χ2n) is 9.38. The van der Waals surface area contributed by atoms with Crippen LogP contribution in [-0.2, 0) is 0 Å². The summed E-state index contributed by atoms with van der Waals surface area (Å²) in [5.41, 5.74) is 1.79. The van der Waals surface area contributed by atoms with Crippen LogP contribution < -0.4 is 20.3 Å². The van der Waals surface area contributed by atoms with E-state index >= 15 is 0 Å². The van der Waals surface area contributed by atoms with Crippen LogP contribution in [0, 0.1) is 6.92 Å². The number of alkyl halides is 6. The summed E-state index contributed by atoms with van der Waals surface area (Å²) < 4.78 is 84.8. The van der Waals surface area contributed by atoms with Crippen LogP contribution in [0.1, 0.15) is 18.4 Å². The number of halogens is 7. The fourth-order valence-electron chi connectivity index (χ4n) is 4.07. The number of nitrogens with one attached hydrogen (secondary N) is 1. The maximum Gasteiger partial charge on any atom is 0.573 e. The molecule has 0 aliphatic rings. The van der Waals surface area contributed by atoms with Crippen LogP contribution in [0.15, 0.2) is 83.7 Å². The topological polar surface area (TPSA) is 69.6 Å². The summed E-state index contributed by atoms with van der Waals surface area (Å²) in [7, 11) is 0. The number of anilines is 1. The predicted octanol–water partition coefficient (Wildman–Crippen LogP) is 8.84. The fourth-order valence-corrected chi connectivity index (χ4v) is 4.33. The summed E-state index contributed by atoms with van der Waals surface area (Å²) in [5.74, 6) is -0.316. The summed E-state index contributed by atoms with van der Waals surface area (Å²) in [6.07, 6.45) is -10.5. The maximum atomic E-state index is 13.3. The average Bonchev–Trinajstić information content (AvgIpc) is 2.91. The number of hydrogen-bond donors (Lipinski definition) is 1. The lowest BCUT2D eigenvalue weighted by molar-refractivity contribution is -0.274. The molecule has 0 atom stereocenters. The lowest BCUT2D eigenvalue weighted by Crippen LogP contribution is -2.32. The van der Waals surface area contributed by atoms with Crippen LogP contribution in [0.2, 0.25) is 5.02 Å². The number of aryl methyl sites for hydroxylation is 1. The molecule has 0 bridgehead atoms. The number of nitrogens with zero attached hydrogens (tertiary/aromatic N) is 1. The Morgan fingerprint density at radius 2 is 1.51 bits per heavy atom. The fraction of sp³-hybridized carbons (Fsp3) is 0.200. The van der Waals surface area contributed by atoms with E-state index in [-0.39, 0.29) is 40.7 Å². The van der Waals surface area contributed by atoms with Gasteiger partial charge in [-0.25, -0.2) is 9.36 Å². The molecule has 226 valence electrons. The number of pyridine rings is 1. The summed E-state index contributed by atoms with van der Waals surface area (Å²) in [5, 5.41) is 2.52. The van der Waals surface area contributed by atoms with Gasteiger partial charge in [-0.15, -0.1) is 13.2 Å². The van der Waals surface area contributed by atoms with E-state index in [2.05, 4.69) is 10.1 Å². The first-order chi connectivity index (χ1) is 20.2. The van der Waals surface area contributed by atoms with Crippen molar-refractivity contribution in [2.45, 2.75) is 32.3 Å². The highest BCUT2D eigenvalue weighted by Crippen LogP contribution is 2.34. The van der Waals surface area contributed by atoms with Gasteiger partial charge in [-0.3, -0.25) is 4.79 Å². The van der Waals surface area contributed by atoms with E-state index in [1.807, 2.05) is 19.1 Å². The highest BCUT2D eigenvalue weighted by Gasteiger charge is 2.31. The van der Waals surface area contributed by atoms with Crippen molar-refractivity contribution in [1.29, 1.82) is 0 Å². The van der Waals surface area contributed by atoms with Gasteiger partial charge in [0.25, 0.3) is 5.56 Å². The normalized spacial score (nSPS) is 11.7. The number of aromatic nitrogens is 1. The minimum Gasteiger partial charge on any atom is -0.494 e. The van der Waals surface area contributed by atoms with E-state index in [9.17, 15) is 35.9 Å². The zero-order valence-corrected chi connectivity index (χ0v) is 23.1. The van der Waals surface area contributed by atoms with Gasteiger partial charge < -0.3 is 14.8 Å². The molecule has 0 saturated carbocycles. The summed E-state index contributed by atoms with van der Waals surface area (Å²) in [6, 6.07) is 17.8. The third kappa shape index (κ3) is 8.77. The zero-order chi connectivity index (χ0) is 31.4. The molecule has 4 aromatic rings. The third-order valence-electron chi connectivity index (χ3n) is 6.05. The molecule has 4 rings (SSSR count). The SMILES string of the molecule is Cc1ccc(-c2cc(-c3ccc(OCCCC(F)(F)F)cc3Cl)n(C(=O)Nc3ccc(OC(F)(F)F)cc3)c(=O)c2)cc1. The van der Waals surface area contributed by atoms with Gasteiger partial charge in [0.1, 0.15) is 11.5 Å². The first-order valence-electron chi connectivity index (χ1n) is 12.7. The van der Waals surface area contributed by atoms with Gasteiger partial charge in [-0.1, -0.05) is 41.4 Å². The monoisotopic (exact) mass is 624 g/mol. The van der Waals surface area contributed by atoms with Crippen LogP contribution in [0.25, 0.3) is 22.4 Å². The molecule has 0 saturated heterocycles. The molecule has 3 aromatic carbocycles. The number of carbonyl (C=O) groups is 1. The maximum absolute atomic E-state index is 13.3. The molecular weight excluding hydrogens is 602 g/mol. The van der Waals surface area contributed by atoms with Crippen LogP contribution in [0.4, 0.5) is 36.8 Å². The van der Waals surface area contributed by atoms with E-state index in [0.717, 1.165) is 22.3 Å². The highest BCUT2D eigenvalue weighted by molar-refractivity contribution is 6.33. The molecule has 0 spiro atoms. The molecular formula is C30H23ClF6N2O4. The van der Waals surface area contributed by atoms with Crippen molar-refractivity contribution in [3.63, 3.8) is 0 Å². The molecule has 0 unspecified atom stereocenters. The van der Waals surface area contributed by atoms with E-state index in [4.69, 9.17) is 16.3 Å². The number of amides is 1. The third-order valence-corrected chi connectivity index (χ3v) is 6.36. The molecule has 1 heterocycles. The molecule has 6 nitrogen and oxygen atoms in total. The Morgan fingerprint density at radius 1 is 0.860 bits per heavy atom. The van der Waals surface area contributed by atoms with Crippen molar-refractivity contribution in [3.8, 4) is 33.9 Å². The van der Waals surface area contributed by atoms with E-state index in [1.54, 1.807) is 18.2 Å². The Bertz CT molecular complexity index is 1650. The second-order valence-corrected chi connectivity index (χ2v) is 9.79. The molecule has 0 aliphatic heterocycles. The molecule has 0 aliphatic carbocycles. The van der Waals surface area contributed by atoms with Crippen molar-refractivity contribution in [2.24, 2.45) is 0 Å². The largest absolute Gasteiger partial charge is 0.573 e. The first kappa shape index (κ1) is 31.5. The summed E-state index contributed by atoms with van der Waals surface area (Å²) in [6.45, 7) is 1.68. The number of rotatable bonds is 8. The van der Waals surface area contributed by atoms with Gasteiger partial charge in [-0.2, -0.15) is 13.2 Å². The Balaban J connectivity index is 1.68. The quantitative estimate of drug-likeness (QED) is 0.157.